The molecule has 32 heavy (non-hydrogen) atoms. The van der Waals surface area contributed by atoms with Crippen molar-refractivity contribution in [2.24, 2.45) is 0 Å². The number of carbonyl (C=O) groups is 3. The summed E-state index contributed by atoms with van der Waals surface area (Å²) in [5, 5.41) is 0. The maximum atomic E-state index is 12.2. The average Bonchev–Trinajstić information content (AvgIpc) is 2.80. The zero-order chi connectivity index (χ0) is 23.2. The molecule has 0 saturated carbocycles. The Morgan fingerprint density at radius 3 is 2.12 bits per heavy atom. The van der Waals surface area contributed by atoms with Crippen molar-refractivity contribution in [3.05, 3.63) is 59.7 Å². The van der Waals surface area contributed by atoms with Gasteiger partial charge in [-0.3, -0.25) is 20.4 Å². The van der Waals surface area contributed by atoms with Crippen LogP contribution in [0, 0.1) is 0 Å². The molecule has 7 heteroatoms. The number of aryl methyl sites for hydroxylation is 1. The van der Waals surface area contributed by atoms with Gasteiger partial charge >= 0.3 is 0 Å². The van der Waals surface area contributed by atoms with Gasteiger partial charge in [0, 0.05) is 12.0 Å². The molecular weight excluding hydrogens is 408 g/mol. The second-order valence-electron chi connectivity index (χ2n) is 7.57. The van der Waals surface area contributed by atoms with Gasteiger partial charge in [0.25, 0.3) is 11.8 Å². The summed E-state index contributed by atoms with van der Waals surface area (Å²) in [6.45, 7) is 4.15. The highest BCUT2D eigenvalue weighted by atomic mass is 16.5. The maximum Gasteiger partial charge on any atom is 0.276 e. The van der Waals surface area contributed by atoms with Gasteiger partial charge in [0.05, 0.1) is 6.61 Å². The third kappa shape index (κ3) is 9.64. The summed E-state index contributed by atoms with van der Waals surface area (Å²) in [5.41, 5.74) is 6.13. The molecule has 7 nitrogen and oxygen atoms in total. The van der Waals surface area contributed by atoms with Crippen molar-refractivity contribution in [1.29, 1.82) is 0 Å². The topological polar surface area (TPSA) is 93.7 Å². The van der Waals surface area contributed by atoms with Gasteiger partial charge in [-0.05, 0) is 61.7 Å². The van der Waals surface area contributed by atoms with Gasteiger partial charge in [-0.15, -0.1) is 0 Å². The zero-order valence-corrected chi connectivity index (χ0v) is 18.8. The minimum Gasteiger partial charge on any atom is -0.494 e. The number of nitrogens with one attached hydrogen (secondary N) is 2. The van der Waals surface area contributed by atoms with Crippen molar-refractivity contribution in [3.8, 4) is 11.5 Å². The Bertz CT molecular complexity index is 863. The summed E-state index contributed by atoms with van der Waals surface area (Å²) < 4.78 is 11.1. The molecule has 172 valence electrons. The molecule has 0 heterocycles. The second-order valence-corrected chi connectivity index (χ2v) is 7.57. The van der Waals surface area contributed by atoms with Gasteiger partial charge in [-0.2, -0.15) is 0 Å². The first kappa shape index (κ1) is 24.9. The summed E-state index contributed by atoms with van der Waals surface area (Å²) in [7, 11) is 0. The zero-order valence-electron chi connectivity index (χ0n) is 18.8. The minimum absolute atomic E-state index is 0.145. The highest BCUT2D eigenvalue weighted by Crippen LogP contribution is 2.14. The lowest BCUT2D eigenvalue weighted by atomic mass is 10.1. The van der Waals surface area contributed by atoms with E-state index in [-0.39, 0.29) is 12.4 Å². The van der Waals surface area contributed by atoms with Crippen molar-refractivity contribution in [2.45, 2.75) is 52.4 Å². The van der Waals surface area contributed by atoms with Crippen LogP contribution in [-0.4, -0.2) is 30.8 Å². The molecule has 2 amide bonds. The summed E-state index contributed by atoms with van der Waals surface area (Å²) in [6, 6.07) is 14.0. The van der Waals surface area contributed by atoms with Crippen LogP contribution in [0.1, 0.15) is 61.9 Å². The number of ether oxygens (including phenoxy) is 2. The number of hydrogen-bond donors (Lipinski definition) is 2. The Labute approximate surface area is 189 Å². The van der Waals surface area contributed by atoms with Gasteiger partial charge in [-0.1, -0.05) is 38.3 Å². The van der Waals surface area contributed by atoms with Crippen LogP contribution in [0.25, 0.3) is 0 Å². The summed E-state index contributed by atoms with van der Waals surface area (Å²) in [6.07, 6.45) is 5.71. The van der Waals surface area contributed by atoms with E-state index in [9.17, 15) is 14.4 Å². The first-order valence-corrected chi connectivity index (χ1v) is 11.0. The number of rotatable bonds is 13. The summed E-state index contributed by atoms with van der Waals surface area (Å²) >= 11 is 0. The monoisotopic (exact) mass is 440 g/mol. The molecule has 0 saturated heterocycles. The molecule has 0 atom stereocenters. The number of amides is 2. The molecule has 0 unspecified atom stereocenters. The van der Waals surface area contributed by atoms with Crippen LogP contribution in [0.15, 0.2) is 48.5 Å². The molecule has 0 aliphatic rings. The largest absolute Gasteiger partial charge is 0.494 e. The molecule has 0 spiro atoms. The Morgan fingerprint density at radius 2 is 1.47 bits per heavy atom. The molecule has 2 aromatic carbocycles. The van der Waals surface area contributed by atoms with Crippen molar-refractivity contribution >= 4 is 17.6 Å². The maximum absolute atomic E-state index is 12.2. The quantitative estimate of drug-likeness (QED) is 0.363. The Kier molecular flexibility index (Phi) is 10.8. The fourth-order valence-electron chi connectivity index (χ4n) is 2.88. The van der Waals surface area contributed by atoms with Gasteiger partial charge in [0.1, 0.15) is 17.3 Å². The predicted molar refractivity (Wildman–Crippen MR) is 123 cm³/mol. The molecule has 0 fully saturated rings. The Balaban J connectivity index is 1.67. The van der Waals surface area contributed by atoms with Crippen LogP contribution < -0.4 is 20.3 Å². The van der Waals surface area contributed by atoms with E-state index in [1.807, 2.05) is 12.1 Å². The molecule has 2 aromatic rings. The number of hydrazine groups is 1. The molecule has 0 aliphatic carbocycles. The van der Waals surface area contributed by atoms with Crippen LogP contribution in [-0.2, 0) is 16.0 Å². The Morgan fingerprint density at radius 1 is 0.812 bits per heavy atom. The normalized spacial score (nSPS) is 10.3. The third-order valence-electron chi connectivity index (χ3n) is 4.76. The molecule has 0 bridgehead atoms. The van der Waals surface area contributed by atoms with Crippen molar-refractivity contribution < 1.29 is 23.9 Å². The third-order valence-corrected chi connectivity index (χ3v) is 4.76. The van der Waals surface area contributed by atoms with Crippen molar-refractivity contribution in [1.82, 2.24) is 10.9 Å². The molecule has 2 rings (SSSR count). The number of Topliss-reactive ketones (excluding diaryl/α,β-unsaturated/α-hetero) is 1. The lowest BCUT2D eigenvalue weighted by molar-refractivity contribution is -0.123. The number of ketones is 1. The predicted octanol–water partition coefficient (Wildman–Crippen LogP) is 4.01. The van der Waals surface area contributed by atoms with Crippen LogP contribution >= 0.6 is 0 Å². The van der Waals surface area contributed by atoms with Crippen LogP contribution in [0.3, 0.4) is 0 Å². The van der Waals surface area contributed by atoms with Crippen molar-refractivity contribution in [2.75, 3.05) is 13.2 Å². The number of carbonyl (C=O) groups excluding carboxylic acids is 3. The smallest absolute Gasteiger partial charge is 0.276 e. The van der Waals surface area contributed by atoms with E-state index in [1.54, 1.807) is 43.3 Å². The molecule has 0 radical (unpaired) electrons. The van der Waals surface area contributed by atoms with E-state index in [2.05, 4.69) is 17.8 Å². The van der Waals surface area contributed by atoms with E-state index < -0.39 is 11.8 Å². The second kappa shape index (κ2) is 13.9. The van der Waals surface area contributed by atoms with E-state index in [1.165, 1.54) is 12.8 Å². The number of benzene rings is 2. The molecular formula is C25H32N2O5. The number of unbranched alkanes of at least 4 members (excludes halogenated alkanes) is 3. The SMILES string of the molecule is CCCCCCOc1ccc(C(=O)NNC(=O)COc2ccc(CCC(C)=O)cc2)cc1. The highest BCUT2D eigenvalue weighted by Gasteiger charge is 2.08. The standard InChI is InChI=1S/C25H32N2O5/c1-3-4-5-6-17-31-22-15-11-21(12-16-22)25(30)27-26-24(29)18-32-23-13-9-20(10-14-23)8-7-19(2)28/h9-16H,3-8,17-18H2,1-2H3,(H,26,29)(H,27,30). The number of hydrogen-bond acceptors (Lipinski definition) is 5. The highest BCUT2D eigenvalue weighted by molar-refractivity contribution is 5.95. The van der Waals surface area contributed by atoms with Gasteiger partial charge < -0.3 is 14.3 Å². The van der Waals surface area contributed by atoms with Crippen molar-refractivity contribution in [3.63, 3.8) is 0 Å². The minimum atomic E-state index is -0.481. The Hall–Kier alpha value is -3.35. The lowest BCUT2D eigenvalue weighted by Gasteiger charge is -2.10. The van der Waals surface area contributed by atoms with E-state index in [0.717, 1.165) is 18.4 Å². The first-order valence-electron chi connectivity index (χ1n) is 11.0. The summed E-state index contributed by atoms with van der Waals surface area (Å²) in [5.74, 6) is 0.478. The van der Waals surface area contributed by atoms with E-state index >= 15 is 0 Å². The average molecular weight is 441 g/mol. The lowest BCUT2D eigenvalue weighted by Crippen LogP contribution is -2.43. The molecule has 0 aliphatic heterocycles. The van der Waals surface area contributed by atoms with Crippen LogP contribution in [0.4, 0.5) is 0 Å². The summed E-state index contributed by atoms with van der Waals surface area (Å²) in [4.78, 5) is 35.2. The van der Waals surface area contributed by atoms with E-state index in [0.29, 0.717) is 36.5 Å². The molecule has 2 N–H and O–H groups in total. The van der Waals surface area contributed by atoms with Gasteiger partial charge in [-0.25, -0.2) is 0 Å². The molecule has 0 aromatic heterocycles. The van der Waals surface area contributed by atoms with E-state index in [4.69, 9.17) is 9.47 Å². The van der Waals surface area contributed by atoms with Gasteiger partial charge in [0.2, 0.25) is 0 Å². The fraction of sp³-hybridized carbons (Fsp3) is 0.400. The van der Waals surface area contributed by atoms with Crippen LogP contribution in [0.2, 0.25) is 0 Å². The van der Waals surface area contributed by atoms with Crippen LogP contribution in [0.5, 0.6) is 11.5 Å². The first-order chi connectivity index (χ1) is 15.5. The fourth-order valence-corrected chi connectivity index (χ4v) is 2.88. The van der Waals surface area contributed by atoms with Gasteiger partial charge in [0.15, 0.2) is 6.61 Å².